The number of nitrogens with one attached hydrogen (secondary N) is 1. The highest BCUT2D eigenvalue weighted by Crippen LogP contribution is 2.30. The predicted molar refractivity (Wildman–Crippen MR) is 99.1 cm³/mol. The molecule has 154 valence electrons. The molecule has 0 bridgehead atoms. The molecule has 11 nitrogen and oxygen atoms in total. The molecule has 3 rings (SSSR count). The summed E-state index contributed by atoms with van der Waals surface area (Å²) in [5, 5.41) is 11.5. The predicted octanol–water partition coefficient (Wildman–Crippen LogP) is -0.00990. The number of aliphatic hydroxyl groups is 1. The zero-order chi connectivity index (χ0) is 21.6. The second kappa shape index (κ2) is 7.20. The van der Waals surface area contributed by atoms with Gasteiger partial charge in [-0.2, -0.15) is 16.8 Å². The van der Waals surface area contributed by atoms with E-state index in [0.29, 0.717) is 6.07 Å². The van der Waals surface area contributed by atoms with Crippen LogP contribution in [0.15, 0.2) is 51.9 Å². The van der Waals surface area contributed by atoms with Gasteiger partial charge >= 0.3 is 0 Å². The summed E-state index contributed by atoms with van der Waals surface area (Å²) in [6.07, 6.45) is 1.01. The molecule has 1 aliphatic heterocycles. The minimum absolute atomic E-state index is 0.0722. The van der Waals surface area contributed by atoms with Crippen LogP contribution in [0.1, 0.15) is 0 Å². The number of rotatable bonds is 6. The lowest BCUT2D eigenvalue weighted by Gasteiger charge is -2.14. The number of hydrogen-bond acceptors (Lipinski definition) is 8. The summed E-state index contributed by atoms with van der Waals surface area (Å²) in [5.74, 6) is -1.33. The fraction of sp³-hybridized carbons (Fsp3) is 0.125. The molecule has 0 spiro atoms. The molecule has 0 saturated heterocycles. The van der Waals surface area contributed by atoms with Gasteiger partial charge in [-0.05, 0) is 29.7 Å². The van der Waals surface area contributed by atoms with Crippen LogP contribution in [0.25, 0.3) is 10.8 Å². The van der Waals surface area contributed by atoms with E-state index >= 15 is 0 Å². The molecular formula is C16H14N2O9S2. The number of fused-ring (bicyclic) bond motifs is 1. The zero-order valence-electron chi connectivity index (χ0n) is 14.4. The van der Waals surface area contributed by atoms with Gasteiger partial charge in [0.15, 0.2) is 0 Å². The number of amides is 2. The molecule has 29 heavy (non-hydrogen) atoms. The number of aliphatic hydroxyl groups excluding tert-OH is 1. The van der Waals surface area contributed by atoms with Crippen LogP contribution >= 0.6 is 0 Å². The Morgan fingerprint density at radius 2 is 1.66 bits per heavy atom. The Morgan fingerprint density at radius 1 is 0.966 bits per heavy atom. The molecule has 0 fully saturated rings. The molecule has 0 radical (unpaired) electrons. The maximum absolute atomic E-state index is 12.2. The third-order valence-corrected chi connectivity index (χ3v) is 5.80. The quantitative estimate of drug-likeness (QED) is 0.351. The summed E-state index contributed by atoms with van der Waals surface area (Å²) in [5.41, 5.74) is 0.0472. The van der Waals surface area contributed by atoms with Crippen LogP contribution in [0.5, 0.6) is 0 Å². The van der Waals surface area contributed by atoms with Crippen molar-refractivity contribution in [1.82, 2.24) is 4.90 Å². The summed E-state index contributed by atoms with van der Waals surface area (Å²) in [6, 6.07) is 5.50. The van der Waals surface area contributed by atoms with Gasteiger partial charge in [-0.3, -0.25) is 23.6 Å². The molecule has 13 heteroatoms. The van der Waals surface area contributed by atoms with Crippen molar-refractivity contribution in [2.75, 3.05) is 18.5 Å². The SMILES string of the molecule is O=C1C=C(Nc2ccc3cc(S(=O)(=O)O)cc(S(=O)(=O)O)c3c2)C(=O)N1CCO. The van der Waals surface area contributed by atoms with E-state index in [1.165, 1.54) is 18.2 Å². The Balaban J connectivity index is 2.08. The highest BCUT2D eigenvalue weighted by Gasteiger charge is 2.30. The van der Waals surface area contributed by atoms with Crippen molar-refractivity contribution < 1.29 is 40.6 Å². The standard InChI is InChI=1S/C16H14N2O9S2/c19-4-3-18-15(20)8-13(16(18)21)17-10-2-1-9-5-11(28(22,23)24)7-14(12(9)6-10)29(25,26)27/h1-2,5-8,17,19H,3-4H2,(H,22,23,24)(H,25,26,27). The first-order valence-electron chi connectivity index (χ1n) is 7.90. The molecule has 1 heterocycles. The van der Waals surface area contributed by atoms with Crippen LogP contribution in [0.4, 0.5) is 5.69 Å². The zero-order valence-corrected chi connectivity index (χ0v) is 16.1. The van der Waals surface area contributed by atoms with Crippen LogP contribution < -0.4 is 5.32 Å². The van der Waals surface area contributed by atoms with Crippen molar-refractivity contribution in [3.8, 4) is 0 Å². The molecule has 0 aliphatic carbocycles. The molecule has 2 aromatic rings. The van der Waals surface area contributed by atoms with Crippen molar-refractivity contribution in [1.29, 1.82) is 0 Å². The first-order chi connectivity index (χ1) is 13.4. The highest BCUT2D eigenvalue weighted by molar-refractivity contribution is 7.86. The molecule has 0 aromatic heterocycles. The van der Waals surface area contributed by atoms with Crippen LogP contribution in [0, 0.1) is 0 Å². The average molecular weight is 442 g/mol. The van der Waals surface area contributed by atoms with E-state index in [4.69, 9.17) is 5.11 Å². The van der Waals surface area contributed by atoms with Gasteiger partial charge in [0.25, 0.3) is 32.1 Å². The van der Waals surface area contributed by atoms with E-state index in [1.54, 1.807) is 0 Å². The summed E-state index contributed by atoms with van der Waals surface area (Å²) in [4.78, 5) is 23.3. The van der Waals surface area contributed by atoms with Crippen LogP contribution in [0.2, 0.25) is 0 Å². The Kier molecular flexibility index (Phi) is 5.19. The Labute approximate surface area is 164 Å². The number of carbonyl (C=O) groups excluding carboxylic acids is 2. The summed E-state index contributed by atoms with van der Waals surface area (Å²) in [7, 11) is -9.61. The molecule has 0 unspecified atom stereocenters. The second-order valence-electron chi connectivity index (χ2n) is 6.01. The van der Waals surface area contributed by atoms with Crippen molar-refractivity contribution in [3.05, 3.63) is 42.1 Å². The number of benzene rings is 2. The topological polar surface area (TPSA) is 178 Å². The van der Waals surface area contributed by atoms with Gasteiger partial charge in [-0.15, -0.1) is 0 Å². The van der Waals surface area contributed by atoms with Gasteiger partial charge in [0.2, 0.25) is 0 Å². The van der Waals surface area contributed by atoms with E-state index in [1.807, 2.05) is 0 Å². The van der Waals surface area contributed by atoms with E-state index in [-0.39, 0.29) is 28.7 Å². The van der Waals surface area contributed by atoms with Gasteiger partial charge in [0.1, 0.15) is 10.6 Å². The summed E-state index contributed by atoms with van der Waals surface area (Å²) < 4.78 is 64.8. The number of imide groups is 1. The lowest BCUT2D eigenvalue weighted by Crippen LogP contribution is -2.34. The number of anilines is 1. The van der Waals surface area contributed by atoms with Crippen molar-refractivity contribution in [3.63, 3.8) is 0 Å². The van der Waals surface area contributed by atoms with Crippen molar-refractivity contribution >= 4 is 48.5 Å². The molecule has 2 amide bonds. The largest absolute Gasteiger partial charge is 0.395 e. The first-order valence-corrected chi connectivity index (χ1v) is 10.8. The van der Waals surface area contributed by atoms with Gasteiger partial charge in [-0.25, -0.2) is 0 Å². The van der Waals surface area contributed by atoms with Crippen molar-refractivity contribution in [2.45, 2.75) is 9.79 Å². The molecule has 4 N–H and O–H groups in total. The number of carbonyl (C=O) groups is 2. The number of nitrogens with zero attached hydrogens (tertiary/aromatic N) is 1. The number of hydrogen-bond donors (Lipinski definition) is 4. The van der Waals surface area contributed by atoms with Gasteiger partial charge in [0.05, 0.1) is 18.0 Å². The maximum atomic E-state index is 12.2. The molecule has 2 aromatic carbocycles. The van der Waals surface area contributed by atoms with Gasteiger partial charge in [0, 0.05) is 17.1 Å². The minimum atomic E-state index is -4.87. The summed E-state index contributed by atoms with van der Waals surface area (Å²) >= 11 is 0. The second-order valence-corrected chi connectivity index (χ2v) is 8.82. The Bertz CT molecular complexity index is 1280. The third-order valence-electron chi connectivity index (χ3n) is 4.08. The van der Waals surface area contributed by atoms with E-state index in [9.17, 15) is 35.5 Å². The van der Waals surface area contributed by atoms with Gasteiger partial charge in [-0.1, -0.05) is 6.07 Å². The van der Waals surface area contributed by atoms with Crippen LogP contribution in [-0.4, -0.2) is 60.9 Å². The monoisotopic (exact) mass is 442 g/mol. The fourth-order valence-electron chi connectivity index (χ4n) is 2.80. The van der Waals surface area contributed by atoms with E-state index in [0.717, 1.165) is 17.0 Å². The van der Waals surface area contributed by atoms with Crippen molar-refractivity contribution in [2.24, 2.45) is 0 Å². The Hall–Kier alpha value is -2.84. The van der Waals surface area contributed by atoms with Crippen LogP contribution in [0.3, 0.4) is 0 Å². The minimum Gasteiger partial charge on any atom is -0.395 e. The average Bonchev–Trinajstić information content (AvgIpc) is 2.87. The fourth-order valence-corrected chi connectivity index (χ4v) is 4.15. The van der Waals surface area contributed by atoms with E-state index in [2.05, 4.69) is 5.32 Å². The first kappa shape index (κ1) is 20.9. The van der Waals surface area contributed by atoms with Crippen LogP contribution in [-0.2, 0) is 29.8 Å². The maximum Gasteiger partial charge on any atom is 0.295 e. The molecular weight excluding hydrogens is 428 g/mol. The third kappa shape index (κ3) is 4.13. The smallest absolute Gasteiger partial charge is 0.295 e. The Morgan fingerprint density at radius 3 is 2.24 bits per heavy atom. The number of β-amino-alcohol motifs (C(OH)–C–C–N with tert-alkyl or cyclic N) is 1. The lowest BCUT2D eigenvalue weighted by molar-refractivity contribution is -0.137. The molecule has 1 aliphatic rings. The lowest BCUT2D eigenvalue weighted by atomic mass is 10.1. The van der Waals surface area contributed by atoms with Gasteiger partial charge < -0.3 is 10.4 Å². The highest BCUT2D eigenvalue weighted by atomic mass is 32.2. The normalized spacial score (nSPS) is 15.1. The molecule has 0 atom stereocenters. The molecule has 0 saturated carbocycles. The van der Waals surface area contributed by atoms with E-state index < -0.39 is 48.4 Å². The summed E-state index contributed by atoms with van der Waals surface area (Å²) in [6.45, 7) is -0.606.